The number of carbonyl (C=O) groups excluding carboxylic acids is 1. The molecule has 2 N–H and O–H groups in total. The number of amides is 1. The summed E-state index contributed by atoms with van der Waals surface area (Å²) in [6, 6.07) is 1.03. The van der Waals surface area contributed by atoms with Gasteiger partial charge in [0.2, 0.25) is 5.91 Å². The van der Waals surface area contributed by atoms with Gasteiger partial charge in [-0.2, -0.15) is 5.10 Å². The molecule has 106 valence electrons. The zero-order valence-corrected chi connectivity index (χ0v) is 11.4. The number of hydrogen-bond acceptors (Lipinski definition) is 3. The molecule has 1 aromatic heterocycles. The van der Waals surface area contributed by atoms with Crippen LogP contribution in [0.2, 0.25) is 0 Å². The third kappa shape index (κ3) is 6.03. The molecule has 0 aliphatic rings. The second-order valence-electron chi connectivity index (χ2n) is 4.96. The third-order valence-corrected chi connectivity index (χ3v) is 2.69. The number of aliphatic carboxylic acids is 1. The summed E-state index contributed by atoms with van der Waals surface area (Å²) in [5.74, 6) is -0.972. The number of aryl methyl sites for hydroxylation is 1. The van der Waals surface area contributed by atoms with Gasteiger partial charge < -0.3 is 10.4 Å². The molecule has 1 aromatic rings. The molecular weight excluding hydrogens is 246 g/mol. The lowest BCUT2D eigenvalue weighted by atomic mass is 10.0. The SMILES string of the molecule is CC(C)C[C@@H](NC(=O)CCCn1cccn1)C(=O)O. The van der Waals surface area contributed by atoms with Crippen molar-refractivity contribution in [3.05, 3.63) is 18.5 Å². The number of carboxylic acids is 1. The molecule has 1 atom stereocenters. The van der Waals surface area contributed by atoms with E-state index < -0.39 is 12.0 Å². The van der Waals surface area contributed by atoms with E-state index >= 15 is 0 Å². The van der Waals surface area contributed by atoms with E-state index in [9.17, 15) is 9.59 Å². The molecule has 0 bridgehead atoms. The summed E-state index contributed by atoms with van der Waals surface area (Å²) in [5.41, 5.74) is 0. The van der Waals surface area contributed by atoms with E-state index in [-0.39, 0.29) is 11.8 Å². The predicted molar refractivity (Wildman–Crippen MR) is 70.5 cm³/mol. The molecule has 6 heteroatoms. The van der Waals surface area contributed by atoms with Gasteiger partial charge in [0, 0.05) is 25.4 Å². The standard InChI is InChI=1S/C13H21N3O3/c1-10(2)9-11(13(18)19)15-12(17)5-3-7-16-8-4-6-14-16/h4,6,8,10-11H,3,5,7,9H2,1-2H3,(H,15,17)(H,18,19)/t11-/m1/s1. The van der Waals surface area contributed by atoms with Gasteiger partial charge >= 0.3 is 5.97 Å². The summed E-state index contributed by atoms with van der Waals surface area (Å²) in [7, 11) is 0. The van der Waals surface area contributed by atoms with Crippen LogP contribution in [0.25, 0.3) is 0 Å². The fourth-order valence-corrected chi connectivity index (χ4v) is 1.79. The summed E-state index contributed by atoms with van der Waals surface area (Å²) < 4.78 is 1.75. The zero-order chi connectivity index (χ0) is 14.3. The van der Waals surface area contributed by atoms with Crippen LogP contribution in [0.5, 0.6) is 0 Å². The lowest BCUT2D eigenvalue weighted by Gasteiger charge is -2.16. The monoisotopic (exact) mass is 267 g/mol. The number of hydrogen-bond donors (Lipinski definition) is 2. The van der Waals surface area contributed by atoms with Gasteiger partial charge in [0.15, 0.2) is 0 Å². The van der Waals surface area contributed by atoms with Crippen molar-refractivity contribution in [2.45, 2.75) is 45.7 Å². The first kappa shape index (κ1) is 15.2. The van der Waals surface area contributed by atoms with Crippen LogP contribution in [0.3, 0.4) is 0 Å². The number of carbonyl (C=O) groups is 2. The highest BCUT2D eigenvalue weighted by atomic mass is 16.4. The normalized spacial score (nSPS) is 12.4. The van der Waals surface area contributed by atoms with Crippen LogP contribution in [-0.4, -0.2) is 32.8 Å². The molecule has 6 nitrogen and oxygen atoms in total. The fraction of sp³-hybridized carbons (Fsp3) is 0.615. The van der Waals surface area contributed by atoms with Crippen molar-refractivity contribution < 1.29 is 14.7 Å². The topological polar surface area (TPSA) is 84.2 Å². The van der Waals surface area contributed by atoms with Crippen LogP contribution in [0, 0.1) is 5.92 Å². The van der Waals surface area contributed by atoms with Crippen LogP contribution in [-0.2, 0) is 16.1 Å². The molecule has 0 aliphatic carbocycles. The maximum atomic E-state index is 11.7. The van der Waals surface area contributed by atoms with Crippen molar-refractivity contribution in [1.29, 1.82) is 0 Å². The number of nitrogens with zero attached hydrogens (tertiary/aromatic N) is 2. The third-order valence-electron chi connectivity index (χ3n) is 2.69. The van der Waals surface area contributed by atoms with E-state index in [1.165, 1.54) is 0 Å². The van der Waals surface area contributed by atoms with Gasteiger partial charge in [-0.1, -0.05) is 13.8 Å². The zero-order valence-electron chi connectivity index (χ0n) is 11.4. The van der Waals surface area contributed by atoms with Gasteiger partial charge in [0.1, 0.15) is 6.04 Å². The van der Waals surface area contributed by atoms with Gasteiger partial charge in [0.05, 0.1) is 0 Å². The Hall–Kier alpha value is -1.85. The minimum absolute atomic E-state index is 0.222. The van der Waals surface area contributed by atoms with Crippen LogP contribution in [0.4, 0.5) is 0 Å². The largest absolute Gasteiger partial charge is 0.480 e. The molecule has 0 unspecified atom stereocenters. The van der Waals surface area contributed by atoms with Crippen molar-refractivity contribution >= 4 is 11.9 Å². The van der Waals surface area contributed by atoms with Crippen molar-refractivity contribution in [3.8, 4) is 0 Å². The molecule has 1 rings (SSSR count). The lowest BCUT2D eigenvalue weighted by Crippen LogP contribution is -2.41. The average molecular weight is 267 g/mol. The molecule has 1 heterocycles. The maximum Gasteiger partial charge on any atom is 0.326 e. The lowest BCUT2D eigenvalue weighted by molar-refractivity contribution is -0.142. The molecule has 1 amide bonds. The number of carboxylic acid groups (broad SMARTS) is 1. The molecule has 0 saturated carbocycles. The molecule has 0 aliphatic heterocycles. The molecule has 19 heavy (non-hydrogen) atoms. The van der Waals surface area contributed by atoms with Gasteiger partial charge in [0.25, 0.3) is 0 Å². The summed E-state index contributed by atoms with van der Waals surface area (Å²) in [5, 5.41) is 15.6. The Kier molecular flexibility index (Phi) is 6.05. The highest BCUT2D eigenvalue weighted by molar-refractivity contribution is 5.83. The minimum atomic E-state index is -0.978. The van der Waals surface area contributed by atoms with Crippen LogP contribution < -0.4 is 5.32 Å². The predicted octanol–water partition coefficient (Wildman–Crippen LogP) is 1.28. The second-order valence-corrected chi connectivity index (χ2v) is 4.96. The van der Waals surface area contributed by atoms with Crippen molar-refractivity contribution in [2.75, 3.05) is 0 Å². The molecule has 0 saturated heterocycles. The Morgan fingerprint density at radius 2 is 2.16 bits per heavy atom. The highest BCUT2D eigenvalue weighted by Crippen LogP contribution is 2.05. The van der Waals surface area contributed by atoms with E-state index in [2.05, 4.69) is 10.4 Å². The van der Waals surface area contributed by atoms with Gasteiger partial charge in [-0.25, -0.2) is 4.79 Å². The Balaban J connectivity index is 2.30. The Morgan fingerprint density at radius 3 is 2.68 bits per heavy atom. The summed E-state index contributed by atoms with van der Waals surface area (Å²) in [6.45, 7) is 4.52. The first-order valence-electron chi connectivity index (χ1n) is 6.48. The summed E-state index contributed by atoms with van der Waals surface area (Å²) >= 11 is 0. The Bertz CT molecular complexity index is 401. The number of aromatic nitrogens is 2. The van der Waals surface area contributed by atoms with Crippen LogP contribution in [0.1, 0.15) is 33.1 Å². The van der Waals surface area contributed by atoms with E-state index in [1.807, 2.05) is 26.1 Å². The van der Waals surface area contributed by atoms with Gasteiger partial charge in [-0.15, -0.1) is 0 Å². The minimum Gasteiger partial charge on any atom is -0.480 e. The first-order chi connectivity index (χ1) is 8.99. The van der Waals surface area contributed by atoms with Crippen molar-refractivity contribution in [3.63, 3.8) is 0 Å². The van der Waals surface area contributed by atoms with Crippen molar-refractivity contribution in [2.24, 2.45) is 5.92 Å². The molecular formula is C13H21N3O3. The van der Waals surface area contributed by atoms with Gasteiger partial charge in [-0.3, -0.25) is 9.48 Å². The quantitative estimate of drug-likeness (QED) is 0.743. The van der Waals surface area contributed by atoms with Gasteiger partial charge in [-0.05, 0) is 24.8 Å². The smallest absolute Gasteiger partial charge is 0.326 e. The van der Waals surface area contributed by atoms with E-state index in [0.717, 1.165) is 0 Å². The van der Waals surface area contributed by atoms with E-state index in [0.29, 0.717) is 25.8 Å². The highest BCUT2D eigenvalue weighted by Gasteiger charge is 2.20. The second kappa shape index (κ2) is 7.56. The molecule has 0 fully saturated rings. The fourth-order valence-electron chi connectivity index (χ4n) is 1.79. The maximum absolute atomic E-state index is 11.7. The Morgan fingerprint density at radius 1 is 1.42 bits per heavy atom. The molecule has 0 radical (unpaired) electrons. The summed E-state index contributed by atoms with van der Waals surface area (Å²) in [4.78, 5) is 22.7. The van der Waals surface area contributed by atoms with Crippen LogP contribution in [0.15, 0.2) is 18.5 Å². The Labute approximate surface area is 112 Å². The van der Waals surface area contributed by atoms with E-state index in [1.54, 1.807) is 10.9 Å². The first-order valence-corrected chi connectivity index (χ1v) is 6.48. The molecule has 0 spiro atoms. The van der Waals surface area contributed by atoms with Crippen LogP contribution >= 0.6 is 0 Å². The molecule has 0 aromatic carbocycles. The summed E-state index contributed by atoms with van der Waals surface area (Å²) in [6.07, 6.45) is 4.91. The number of rotatable bonds is 8. The average Bonchev–Trinajstić information content (AvgIpc) is 2.80. The van der Waals surface area contributed by atoms with E-state index in [4.69, 9.17) is 5.11 Å². The van der Waals surface area contributed by atoms with Crippen molar-refractivity contribution in [1.82, 2.24) is 15.1 Å². The number of nitrogens with one attached hydrogen (secondary N) is 1.